The van der Waals surface area contributed by atoms with Crippen molar-refractivity contribution >= 4 is 0 Å². The average Bonchev–Trinajstić information content (AvgIpc) is 2.30. The average molecular weight is 221 g/mol. The van der Waals surface area contributed by atoms with Crippen LogP contribution in [-0.4, -0.2) is 22.6 Å². The van der Waals surface area contributed by atoms with E-state index in [1.54, 1.807) is 6.33 Å². The molecule has 1 aromatic rings. The van der Waals surface area contributed by atoms with E-state index in [2.05, 4.69) is 42.1 Å². The number of nitrogens with zero attached hydrogens (tertiary/aromatic N) is 2. The van der Waals surface area contributed by atoms with Crippen molar-refractivity contribution in [3.8, 4) is 0 Å². The Labute approximate surface area is 98.7 Å². The summed E-state index contributed by atoms with van der Waals surface area (Å²) in [5.74, 6) is 0. The predicted octanol–water partition coefficient (Wildman–Crippen LogP) is 2.36. The molecule has 0 aliphatic rings. The summed E-state index contributed by atoms with van der Waals surface area (Å²) >= 11 is 0. The molecule has 16 heavy (non-hydrogen) atoms. The second-order valence-electron chi connectivity index (χ2n) is 4.10. The molecule has 0 radical (unpaired) electrons. The summed E-state index contributed by atoms with van der Waals surface area (Å²) in [5.41, 5.74) is 2.29. The first-order valence-electron chi connectivity index (χ1n) is 6.33. The molecule has 1 rings (SSSR count). The van der Waals surface area contributed by atoms with Gasteiger partial charge in [-0.1, -0.05) is 27.2 Å². The molecule has 1 N–H and O–H groups in total. The molecule has 0 amide bonds. The van der Waals surface area contributed by atoms with Crippen LogP contribution < -0.4 is 5.32 Å². The smallest absolute Gasteiger partial charge is 0.115 e. The highest BCUT2D eigenvalue weighted by molar-refractivity contribution is 5.09. The minimum Gasteiger partial charge on any atom is -0.314 e. The number of nitrogens with one attached hydrogen (secondary N) is 1. The van der Waals surface area contributed by atoms with E-state index in [0.29, 0.717) is 6.04 Å². The normalized spacial score (nSPS) is 12.7. The Kier molecular flexibility index (Phi) is 6.01. The van der Waals surface area contributed by atoms with Gasteiger partial charge in [-0.05, 0) is 25.5 Å². The Morgan fingerprint density at radius 2 is 1.94 bits per heavy atom. The van der Waals surface area contributed by atoms with Crippen LogP contribution in [-0.2, 0) is 12.8 Å². The fourth-order valence-electron chi connectivity index (χ4n) is 1.91. The summed E-state index contributed by atoms with van der Waals surface area (Å²) in [6, 6.07) is 2.68. The van der Waals surface area contributed by atoms with Crippen LogP contribution in [0.2, 0.25) is 0 Å². The van der Waals surface area contributed by atoms with E-state index in [9.17, 15) is 0 Å². The highest BCUT2D eigenvalue weighted by Crippen LogP contribution is 2.06. The van der Waals surface area contributed by atoms with Gasteiger partial charge in [-0.25, -0.2) is 9.97 Å². The van der Waals surface area contributed by atoms with Gasteiger partial charge in [0.2, 0.25) is 0 Å². The van der Waals surface area contributed by atoms with Crippen LogP contribution in [0.25, 0.3) is 0 Å². The van der Waals surface area contributed by atoms with E-state index in [1.807, 2.05) is 0 Å². The van der Waals surface area contributed by atoms with Crippen molar-refractivity contribution in [2.45, 2.75) is 52.5 Å². The number of likely N-dealkylation sites (N-methyl/N-ethyl adjacent to an activating group) is 1. The van der Waals surface area contributed by atoms with Gasteiger partial charge >= 0.3 is 0 Å². The first-order chi connectivity index (χ1) is 7.80. The molecule has 0 aliphatic heterocycles. The van der Waals surface area contributed by atoms with Crippen LogP contribution in [0.1, 0.15) is 45.0 Å². The number of hydrogen-bond donors (Lipinski definition) is 1. The van der Waals surface area contributed by atoms with Gasteiger partial charge < -0.3 is 5.32 Å². The molecule has 0 aromatic carbocycles. The van der Waals surface area contributed by atoms with Gasteiger partial charge in [0.15, 0.2) is 0 Å². The van der Waals surface area contributed by atoms with E-state index in [4.69, 9.17) is 0 Å². The molecule has 1 heterocycles. The van der Waals surface area contributed by atoms with E-state index in [1.165, 1.54) is 12.8 Å². The van der Waals surface area contributed by atoms with E-state index >= 15 is 0 Å². The van der Waals surface area contributed by atoms with E-state index < -0.39 is 0 Å². The zero-order valence-electron chi connectivity index (χ0n) is 10.7. The van der Waals surface area contributed by atoms with Crippen molar-refractivity contribution < 1.29 is 0 Å². The third-order valence-corrected chi connectivity index (χ3v) is 2.73. The van der Waals surface area contributed by atoms with Crippen molar-refractivity contribution in [3.63, 3.8) is 0 Å². The minimum atomic E-state index is 0.551. The second-order valence-corrected chi connectivity index (χ2v) is 4.10. The molecule has 0 fully saturated rings. The fraction of sp³-hybridized carbons (Fsp3) is 0.692. The predicted molar refractivity (Wildman–Crippen MR) is 67.5 cm³/mol. The first kappa shape index (κ1) is 13.1. The number of aryl methyl sites for hydroxylation is 1. The maximum Gasteiger partial charge on any atom is 0.115 e. The van der Waals surface area contributed by atoms with Crippen LogP contribution in [0.15, 0.2) is 12.4 Å². The standard InChI is InChI=1S/C13H23N3/c1-4-7-12(14-6-3)9-13-8-11(5-2)15-10-16-13/h8,10,12,14H,4-7,9H2,1-3H3. The molecule has 0 aliphatic carbocycles. The topological polar surface area (TPSA) is 37.8 Å². The quantitative estimate of drug-likeness (QED) is 0.768. The van der Waals surface area contributed by atoms with Crippen molar-refractivity contribution in [2.75, 3.05) is 6.54 Å². The molecule has 0 bridgehead atoms. The van der Waals surface area contributed by atoms with Gasteiger partial charge in [-0.3, -0.25) is 0 Å². The van der Waals surface area contributed by atoms with Crippen molar-refractivity contribution in [3.05, 3.63) is 23.8 Å². The maximum absolute atomic E-state index is 4.34. The summed E-state index contributed by atoms with van der Waals surface area (Å²) in [5, 5.41) is 3.51. The van der Waals surface area contributed by atoms with Crippen LogP contribution in [0.4, 0.5) is 0 Å². The fourth-order valence-corrected chi connectivity index (χ4v) is 1.91. The molecule has 0 saturated heterocycles. The summed E-state index contributed by atoms with van der Waals surface area (Å²) in [4.78, 5) is 8.57. The zero-order chi connectivity index (χ0) is 11.8. The lowest BCUT2D eigenvalue weighted by Crippen LogP contribution is -2.31. The van der Waals surface area contributed by atoms with Crippen LogP contribution in [0, 0.1) is 0 Å². The largest absolute Gasteiger partial charge is 0.314 e. The van der Waals surface area contributed by atoms with Gasteiger partial charge in [-0.2, -0.15) is 0 Å². The highest BCUT2D eigenvalue weighted by atomic mass is 14.9. The molecule has 1 aromatic heterocycles. The Bertz CT molecular complexity index is 293. The van der Waals surface area contributed by atoms with Crippen molar-refractivity contribution in [2.24, 2.45) is 0 Å². The lowest BCUT2D eigenvalue weighted by Gasteiger charge is -2.16. The highest BCUT2D eigenvalue weighted by Gasteiger charge is 2.08. The van der Waals surface area contributed by atoms with Gasteiger partial charge in [0.05, 0.1) is 0 Å². The van der Waals surface area contributed by atoms with Gasteiger partial charge in [-0.15, -0.1) is 0 Å². The molecular formula is C13H23N3. The van der Waals surface area contributed by atoms with Gasteiger partial charge in [0.25, 0.3) is 0 Å². The van der Waals surface area contributed by atoms with Crippen LogP contribution in [0.5, 0.6) is 0 Å². The molecule has 1 unspecified atom stereocenters. The Hall–Kier alpha value is -0.960. The SMILES string of the molecule is CCCC(Cc1cc(CC)ncn1)NCC. The summed E-state index contributed by atoms with van der Waals surface area (Å²) in [6.45, 7) is 7.53. The second kappa shape index (κ2) is 7.34. The van der Waals surface area contributed by atoms with Crippen LogP contribution in [0.3, 0.4) is 0 Å². The molecule has 1 atom stereocenters. The van der Waals surface area contributed by atoms with Gasteiger partial charge in [0.1, 0.15) is 6.33 Å². The van der Waals surface area contributed by atoms with Crippen LogP contribution >= 0.6 is 0 Å². The number of aromatic nitrogens is 2. The van der Waals surface area contributed by atoms with Crippen molar-refractivity contribution in [1.82, 2.24) is 15.3 Å². The van der Waals surface area contributed by atoms with Gasteiger partial charge in [0, 0.05) is 23.9 Å². The lowest BCUT2D eigenvalue weighted by molar-refractivity contribution is 0.481. The molecular weight excluding hydrogens is 198 g/mol. The Morgan fingerprint density at radius 3 is 2.56 bits per heavy atom. The molecule has 90 valence electrons. The molecule has 3 heteroatoms. The third-order valence-electron chi connectivity index (χ3n) is 2.73. The van der Waals surface area contributed by atoms with E-state index in [-0.39, 0.29) is 0 Å². The molecule has 0 spiro atoms. The zero-order valence-corrected chi connectivity index (χ0v) is 10.7. The Morgan fingerprint density at radius 1 is 1.19 bits per heavy atom. The minimum absolute atomic E-state index is 0.551. The monoisotopic (exact) mass is 221 g/mol. The number of hydrogen-bond acceptors (Lipinski definition) is 3. The maximum atomic E-state index is 4.34. The van der Waals surface area contributed by atoms with Crippen molar-refractivity contribution in [1.29, 1.82) is 0 Å². The lowest BCUT2D eigenvalue weighted by atomic mass is 10.1. The summed E-state index contributed by atoms with van der Waals surface area (Å²) in [6.07, 6.45) is 6.10. The third kappa shape index (κ3) is 4.27. The Balaban J connectivity index is 2.60. The number of rotatable bonds is 7. The summed E-state index contributed by atoms with van der Waals surface area (Å²) in [7, 11) is 0. The molecule has 0 saturated carbocycles. The summed E-state index contributed by atoms with van der Waals surface area (Å²) < 4.78 is 0. The van der Waals surface area contributed by atoms with E-state index in [0.717, 1.165) is 30.8 Å². The first-order valence-corrected chi connectivity index (χ1v) is 6.33. The molecule has 3 nitrogen and oxygen atoms in total.